The smallest absolute Gasteiger partial charge is 0.400 e. The number of halogens is 3. The van der Waals surface area contributed by atoms with Crippen molar-refractivity contribution in [2.75, 3.05) is 5.73 Å². The van der Waals surface area contributed by atoms with Crippen LogP contribution in [0.4, 0.5) is 19.0 Å². The van der Waals surface area contributed by atoms with Gasteiger partial charge in [-0.1, -0.05) is 0 Å². The van der Waals surface area contributed by atoms with Crippen molar-refractivity contribution in [3.63, 3.8) is 0 Å². The Bertz CT molecular complexity index is 472. The number of hydrogen-bond donors (Lipinski definition) is 2. The molecule has 8 heteroatoms. The Hall–Kier alpha value is -2.17. The normalized spacial score (nSPS) is 10.8. The number of nitriles is 1. The van der Waals surface area contributed by atoms with Crippen molar-refractivity contribution in [3.8, 4) is 11.8 Å². The van der Waals surface area contributed by atoms with E-state index < -0.39 is 17.7 Å². The summed E-state index contributed by atoms with van der Waals surface area (Å²) in [5.41, 5.74) is 3.70. The molecule has 3 N–H and O–H groups in total. The summed E-state index contributed by atoms with van der Waals surface area (Å²) >= 11 is 0. The summed E-state index contributed by atoms with van der Waals surface area (Å²) in [4.78, 5) is 12.8. The lowest BCUT2D eigenvalue weighted by Gasteiger charge is -2.08. The second-order valence-corrected chi connectivity index (χ2v) is 2.45. The van der Waals surface area contributed by atoms with Crippen LogP contribution in [0.15, 0.2) is 10.9 Å². The standard InChI is InChI=1S/C7H4F3N3O2/c8-7(9,10)15-4-1-3(2-11)5(12)13-6(4)14/h1H,(H3,12,13,14). The van der Waals surface area contributed by atoms with Gasteiger partial charge in [-0.05, 0) is 0 Å². The van der Waals surface area contributed by atoms with Gasteiger partial charge in [-0.3, -0.25) is 4.79 Å². The molecular weight excluding hydrogens is 215 g/mol. The van der Waals surface area contributed by atoms with Crippen LogP contribution in [0.1, 0.15) is 5.56 Å². The molecule has 0 aliphatic heterocycles. The average Bonchev–Trinajstić information content (AvgIpc) is 2.07. The minimum absolute atomic E-state index is 0.297. The molecule has 0 aromatic carbocycles. The number of pyridine rings is 1. The Kier molecular flexibility index (Phi) is 2.57. The first-order valence-electron chi connectivity index (χ1n) is 3.52. The first-order chi connectivity index (χ1) is 6.83. The second kappa shape index (κ2) is 3.53. The van der Waals surface area contributed by atoms with Gasteiger partial charge in [0.15, 0.2) is 5.75 Å². The molecule has 0 saturated heterocycles. The number of nitrogens with two attached hydrogens (primary N) is 1. The molecule has 0 bridgehead atoms. The number of anilines is 1. The maximum absolute atomic E-state index is 11.8. The van der Waals surface area contributed by atoms with Crippen LogP contribution >= 0.6 is 0 Å². The molecule has 1 aromatic rings. The predicted octanol–water partition coefficient (Wildman–Crippen LogP) is 0.727. The fourth-order valence-electron chi connectivity index (χ4n) is 0.819. The highest BCUT2D eigenvalue weighted by molar-refractivity contribution is 5.50. The van der Waals surface area contributed by atoms with E-state index in [0.29, 0.717) is 6.07 Å². The lowest BCUT2D eigenvalue weighted by Crippen LogP contribution is -2.23. The minimum atomic E-state index is -4.99. The van der Waals surface area contributed by atoms with Gasteiger partial charge in [0.1, 0.15) is 11.9 Å². The summed E-state index contributed by atoms with van der Waals surface area (Å²) in [5.74, 6) is -1.33. The van der Waals surface area contributed by atoms with Crippen LogP contribution in [0.3, 0.4) is 0 Å². The van der Waals surface area contributed by atoms with E-state index in [0.717, 1.165) is 0 Å². The van der Waals surface area contributed by atoms with Crippen LogP contribution in [-0.2, 0) is 0 Å². The van der Waals surface area contributed by atoms with Gasteiger partial charge in [-0.15, -0.1) is 13.2 Å². The third-order valence-electron chi connectivity index (χ3n) is 1.38. The Morgan fingerprint density at radius 2 is 2.13 bits per heavy atom. The van der Waals surface area contributed by atoms with Gasteiger partial charge in [0.2, 0.25) is 0 Å². The number of alkyl halides is 3. The molecule has 80 valence electrons. The third-order valence-corrected chi connectivity index (χ3v) is 1.38. The van der Waals surface area contributed by atoms with Crippen LogP contribution in [-0.4, -0.2) is 11.3 Å². The zero-order valence-electron chi connectivity index (χ0n) is 7.05. The SMILES string of the molecule is N#Cc1cc(OC(F)(F)F)c(=O)[nH]c1N. The average molecular weight is 219 g/mol. The number of aromatic nitrogens is 1. The first kappa shape index (κ1) is 10.9. The third kappa shape index (κ3) is 2.63. The highest BCUT2D eigenvalue weighted by atomic mass is 19.4. The summed E-state index contributed by atoms with van der Waals surface area (Å²) in [6.07, 6.45) is -4.99. The molecule has 1 rings (SSSR count). The van der Waals surface area contributed by atoms with Crippen molar-refractivity contribution in [1.29, 1.82) is 5.26 Å². The minimum Gasteiger partial charge on any atom is -0.400 e. The van der Waals surface area contributed by atoms with Crippen LogP contribution in [0.25, 0.3) is 0 Å². The fraction of sp³-hybridized carbons (Fsp3) is 0.143. The van der Waals surface area contributed by atoms with Crippen LogP contribution < -0.4 is 16.0 Å². The lowest BCUT2D eigenvalue weighted by atomic mass is 10.3. The topological polar surface area (TPSA) is 91.9 Å². The molecule has 0 radical (unpaired) electrons. The molecule has 1 aromatic heterocycles. The number of nitrogens with zero attached hydrogens (tertiary/aromatic N) is 1. The van der Waals surface area contributed by atoms with E-state index in [9.17, 15) is 18.0 Å². The van der Waals surface area contributed by atoms with E-state index in [2.05, 4.69) is 4.74 Å². The van der Waals surface area contributed by atoms with Crippen molar-refractivity contribution >= 4 is 5.82 Å². The monoisotopic (exact) mass is 219 g/mol. The number of nitrogens with one attached hydrogen (secondary N) is 1. The number of ether oxygens (including phenoxy) is 1. The highest BCUT2D eigenvalue weighted by Gasteiger charge is 2.32. The summed E-state index contributed by atoms with van der Waals surface area (Å²) in [6.45, 7) is 0. The highest BCUT2D eigenvalue weighted by Crippen LogP contribution is 2.21. The van der Waals surface area contributed by atoms with E-state index in [1.807, 2.05) is 4.98 Å². The Balaban J connectivity index is 3.21. The summed E-state index contributed by atoms with van der Waals surface area (Å²) < 4.78 is 38.7. The van der Waals surface area contributed by atoms with Crippen molar-refractivity contribution in [3.05, 3.63) is 22.0 Å². The number of nitrogen functional groups attached to an aromatic ring is 1. The number of hydrogen-bond acceptors (Lipinski definition) is 4. The molecule has 0 fully saturated rings. The predicted molar refractivity (Wildman–Crippen MR) is 42.9 cm³/mol. The van der Waals surface area contributed by atoms with Crippen molar-refractivity contribution in [2.45, 2.75) is 6.36 Å². The summed E-state index contributed by atoms with van der Waals surface area (Å²) in [7, 11) is 0. The van der Waals surface area contributed by atoms with E-state index in [4.69, 9.17) is 11.0 Å². The fourth-order valence-corrected chi connectivity index (χ4v) is 0.819. The molecule has 0 unspecified atom stereocenters. The maximum Gasteiger partial charge on any atom is 0.573 e. The molecule has 0 saturated carbocycles. The van der Waals surface area contributed by atoms with Crippen LogP contribution in [0.2, 0.25) is 0 Å². The van der Waals surface area contributed by atoms with Gasteiger partial charge in [-0.2, -0.15) is 5.26 Å². The van der Waals surface area contributed by atoms with Gasteiger partial charge >= 0.3 is 6.36 Å². The van der Waals surface area contributed by atoms with E-state index in [-0.39, 0.29) is 11.4 Å². The zero-order valence-corrected chi connectivity index (χ0v) is 7.05. The van der Waals surface area contributed by atoms with E-state index >= 15 is 0 Å². The molecule has 0 amide bonds. The Morgan fingerprint density at radius 3 is 2.60 bits per heavy atom. The molecule has 0 atom stereocenters. The largest absolute Gasteiger partial charge is 0.573 e. The van der Waals surface area contributed by atoms with Gasteiger partial charge in [0.05, 0.1) is 5.56 Å². The Labute approximate surface area is 80.9 Å². The second-order valence-electron chi connectivity index (χ2n) is 2.45. The Morgan fingerprint density at radius 1 is 1.53 bits per heavy atom. The number of aromatic amines is 1. The maximum atomic E-state index is 11.8. The van der Waals surface area contributed by atoms with Crippen molar-refractivity contribution in [1.82, 2.24) is 4.98 Å². The van der Waals surface area contributed by atoms with Crippen molar-refractivity contribution in [2.24, 2.45) is 0 Å². The van der Waals surface area contributed by atoms with Crippen LogP contribution in [0, 0.1) is 11.3 Å². The van der Waals surface area contributed by atoms with Gasteiger partial charge in [-0.25, -0.2) is 0 Å². The number of rotatable bonds is 1. The number of H-pyrrole nitrogens is 1. The summed E-state index contributed by atoms with van der Waals surface area (Å²) in [6, 6.07) is 2.13. The van der Waals surface area contributed by atoms with Crippen LogP contribution in [0.5, 0.6) is 5.75 Å². The molecule has 5 nitrogen and oxygen atoms in total. The molecule has 15 heavy (non-hydrogen) atoms. The molecular formula is C7H4F3N3O2. The molecule has 1 heterocycles. The van der Waals surface area contributed by atoms with E-state index in [1.54, 1.807) is 0 Å². The molecule has 0 aliphatic carbocycles. The molecule has 0 aliphatic rings. The summed E-state index contributed by atoms with van der Waals surface area (Å²) in [5, 5.41) is 8.44. The quantitative estimate of drug-likeness (QED) is 0.728. The first-order valence-corrected chi connectivity index (χ1v) is 3.52. The lowest BCUT2D eigenvalue weighted by molar-refractivity contribution is -0.275. The van der Waals surface area contributed by atoms with Gasteiger partial charge < -0.3 is 15.5 Å². The van der Waals surface area contributed by atoms with Crippen molar-refractivity contribution < 1.29 is 17.9 Å². The molecule has 0 spiro atoms. The zero-order chi connectivity index (χ0) is 11.6. The van der Waals surface area contributed by atoms with Gasteiger partial charge in [0.25, 0.3) is 5.56 Å². The van der Waals surface area contributed by atoms with Gasteiger partial charge in [0, 0.05) is 6.07 Å². The van der Waals surface area contributed by atoms with E-state index in [1.165, 1.54) is 6.07 Å².